The lowest BCUT2D eigenvalue weighted by Crippen LogP contribution is -2.56. The molecular formula is C33H52O5. The van der Waals surface area contributed by atoms with Crippen molar-refractivity contribution in [3.05, 3.63) is 23.3 Å². The molecule has 4 aliphatic rings. The second kappa shape index (κ2) is 9.78. The molecule has 2 fully saturated rings. The molecule has 9 atom stereocenters. The summed E-state index contributed by atoms with van der Waals surface area (Å²) in [5, 5.41) is 22.0. The smallest absolute Gasteiger partial charge is 0.306 e. The lowest BCUT2D eigenvalue weighted by Gasteiger charge is -2.62. The summed E-state index contributed by atoms with van der Waals surface area (Å²) in [6.45, 7) is 21.3. The van der Waals surface area contributed by atoms with Crippen molar-refractivity contribution in [1.29, 1.82) is 0 Å². The summed E-state index contributed by atoms with van der Waals surface area (Å²) in [5.74, 6) is -1.06. The molecule has 0 aliphatic heterocycles. The SMILES string of the molecule is C=C(C)C(C)CCC(C(=O)O)C1C(O)CC2(C)C3=C(CCC12C)C1(C)CCC(OC(C)=O)C(C)(C)C1CC3. The van der Waals surface area contributed by atoms with Gasteiger partial charge in [0.25, 0.3) is 0 Å². The first-order valence-electron chi connectivity index (χ1n) is 15.0. The van der Waals surface area contributed by atoms with Gasteiger partial charge in [0.15, 0.2) is 0 Å². The van der Waals surface area contributed by atoms with Crippen molar-refractivity contribution in [3.8, 4) is 0 Å². The third-order valence-corrected chi connectivity index (χ3v) is 12.6. The zero-order valence-electron chi connectivity index (χ0n) is 25.2. The predicted octanol–water partition coefficient (Wildman–Crippen LogP) is 7.33. The number of fused-ring (bicyclic) bond motifs is 4. The van der Waals surface area contributed by atoms with Gasteiger partial charge < -0.3 is 14.9 Å². The van der Waals surface area contributed by atoms with Crippen LogP contribution in [-0.2, 0) is 14.3 Å². The molecule has 0 bridgehead atoms. The van der Waals surface area contributed by atoms with E-state index in [4.69, 9.17) is 4.74 Å². The maximum absolute atomic E-state index is 12.7. The Morgan fingerprint density at radius 3 is 2.26 bits per heavy atom. The van der Waals surface area contributed by atoms with Crippen LogP contribution in [0.5, 0.6) is 0 Å². The number of rotatable bonds is 7. The standard InChI is InChI=1S/C33H52O5/c1-19(2)20(3)10-11-22(29(36)37)28-25(35)18-33(9)24-12-13-26-30(5,6)27(38-21(4)34)15-16-31(26,7)23(24)14-17-32(28,33)8/h20,22,25-28,35H,1,10-18H2,2-9H3,(H,36,37). The number of aliphatic hydroxyl groups excluding tert-OH is 1. The minimum absolute atomic E-state index is 0.0459. The number of hydrogen-bond donors (Lipinski definition) is 2. The number of carbonyl (C=O) groups excluding carboxylic acids is 1. The monoisotopic (exact) mass is 528 g/mol. The van der Waals surface area contributed by atoms with Crippen molar-refractivity contribution in [1.82, 2.24) is 0 Å². The third-order valence-electron chi connectivity index (χ3n) is 12.6. The number of carboxylic acid groups (broad SMARTS) is 1. The Morgan fingerprint density at radius 1 is 1.03 bits per heavy atom. The number of allylic oxidation sites excluding steroid dienone is 3. The second-order valence-corrected chi connectivity index (χ2v) is 14.7. The lowest BCUT2D eigenvalue weighted by molar-refractivity contribution is -0.167. The van der Waals surface area contributed by atoms with Gasteiger partial charge in [-0.3, -0.25) is 9.59 Å². The molecular weight excluding hydrogens is 476 g/mol. The van der Waals surface area contributed by atoms with E-state index in [-0.39, 0.29) is 45.6 Å². The first kappa shape index (κ1) is 29.4. The van der Waals surface area contributed by atoms with Crippen LogP contribution in [0.15, 0.2) is 23.3 Å². The number of carboxylic acids is 1. The van der Waals surface area contributed by atoms with Gasteiger partial charge in [-0.05, 0) is 92.8 Å². The van der Waals surface area contributed by atoms with Crippen LogP contribution in [0.1, 0.15) is 113 Å². The Bertz CT molecular complexity index is 1020. The summed E-state index contributed by atoms with van der Waals surface area (Å²) in [6.07, 6.45) is 7.15. The molecule has 214 valence electrons. The van der Waals surface area contributed by atoms with Crippen LogP contribution in [-0.4, -0.2) is 34.4 Å². The molecule has 0 aromatic carbocycles. The highest BCUT2D eigenvalue weighted by Crippen LogP contribution is 2.72. The first-order chi connectivity index (χ1) is 17.5. The van der Waals surface area contributed by atoms with Crippen LogP contribution >= 0.6 is 0 Å². The van der Waals surface area contributed by atoms with E-state index in [1.165, 1.54) is 12.5 Å². The van der Waals surface area contributed by atoms with E-state index < -0.39 is 18.0 Å². The Hall–Kier alpha value is -1.62. The summed E-state index contributed by atoms with van der Waals surface area (Å²) in [6, 6.07) is 0. The molecule has 9 unspecified atom stereocenters. The summed E-state index contributed by atoms with van der Waals surface area (Å²) in [7, 11) is 0. The van der Waals surface area contributed by atoms with Crippen molar-refractivity contribution in [2.24, 2.45) is 45.3 Å². The van der Waals surface area contributed by atoms with Gasteiger partial charge in [-0.25, -0.2) is 0 Å². The van der Waals surface area contributed by atoms with E-state index in [0.717, 1.165) is 50.5 Å². The van der Waals surface area contributed by atoms with Crippen LogP contribution in [0.25, 0.3) is 0 Å². The van der Waals surface area contributed by atoms with Crippen molar-refractivity contribution < 1.29 is 24.5 Å². The highest BCUT2D eigenvalue weighted by Gasteiger charge is 2.66. The number of aliphatic hydroxyl groups is 1. The van der Waals surface area contributed by atoms with Gasteiger partial charge in [-0.1, -0.05) is 64.8 Å². The van der Waals surface area contributed by atoms with Crippen LogP contribution in [0, 0.1) is 45.3 Å². The maximum Gasteiger partial charge on any atom is 0.306 e. The average Bonchev–Trinajstić information content (AvgIpc) is 3.01. The van der Waals surface area contributed by atoms with E-state index in [0.29, 0.717) is 18.8 Å². The molecule has 0 aromatic heterocycles. The van der Waals surface area contributed by atoms with E-state index in [2.05, 4.69) is 48.1 Å². The Labute approximate surface area is 230 Å². The number of carbonyl (C=O) groups is 2. The van der Waals surface area contributed by atoms with Crippen LogP contribution in [0.4, 0.5) is 0 Å². The predicted molar refractivity (Wildman–Crippen MR) is 150 cm³/mol. The molecule has 0 spiro atoms. The molecule has 4 aliphatic carbocycles. The Balaban J connectivity index is 1.69. The molecule has 2 saturated carbocycles. The van der Waals surface area contributed by atoms with Crippen LogP contribution in [0.3, 0.4) is 0 Å². The van der Waals surface area contributed by atoms with Crippen molar-refractivity contribution in [3.63, 3.8) is 0 Å². The first-order valence-corrected chi connectivity index (χ1v) is 15.0. The fraction of sp³-hybridized carbons (Fsp3) is 0.818. The number of esters is 1. The molecule has 2 N–H and O–H groups in total. The van der Waals surface area contributed by atoms with Gasteiger partial charge in [0.2, 0.25) is 0 Å². The third kappa shape index (κ3) is 4.30. The molecule has 5 nitrogen and oxygen atoms in total. The number of ether oxygens (including phenoxy) is 1. The Kier molecular flexibility index (Phi) is 7.56. The lowest BCUT2D eigenvalue weighted by atomic mass is 9.43. The van der Waals surface area contributed by atoms with Gasteiger partial charge in [-0.15, -0.1) is 0 Å². The summed E-state index contributed by atoms with van der Waals surface area (Å²) in [4.78, 5) is 24.5. The van der Waals surface area contributed by atoms with E-state index >= 15 is 0 Å². The summed E-state index contributed by atoms with van der Waals surface area (Å²) < 4.78 is 5.82. The fourth-order valence-electron chi connectivity index (χ4n) is 10.0. The second-order valence-electron chi connectivity index (χ2n) is 14.7. The molecule has 38 heavy (non-hydrogen) atoms. The summed E-state index contributed by atoms with van der Waals surface area (Å²) in [5.41, 5.74) is 3.64. The van der Waals surface area contributed by atoms with Crippen molar-refractivity contribution >= 4 is 11.9 Å². The van der Waals surface area contributed by atoms with Gasteiger partial charge in [0, 0.05) is 18.3 Å². The van der Waals surface area contributed by atoms with Crippen LogP contribution < -0.4 is 0 Å². The highest BCUT2D eigenvalue weighted by atomic mass is 16.5. The maximum atomic E-state index is 12.7. The normalized spacial score (nSPS) is 41.4. The number of hydrogen-bond acceptors (Lipinski definition) is 4. The zero-order valence-corrected chi connectivity index (χ0v) is 25.2. The van der Waals surface area contributed by atoms with Gasteiger partial charge >= 0.3 is 11.9 Å². The number of aliphatic carboxylic acids is 1. The van der Waals surface area contributed by atoms with E-state index in [1.807, 2.05) is 6.92 Å². The molecule has 0 radical (unpaired) electrons. The molecule has 0 heterocycles. The highest BCUT2D eigenvalue weighted by molar-refractivity contribution is 5.71. The van der Waals surface area contributed by atoms with Gasteiger partial charge in [0.1, 0.15) is 6.10 Å². The Morgan fingerprint density at radius 2 is 1.68 bits per heavy atom. The van der Waals surface area contributed by atoms with E-state index in [9.17, 15) is 19.8 Å². The minimum Gasteiger partial charge on any atom is -0.481 e. The van der Waals surface area contributed by atoms with E-state index in [1.54, 1.807) is 5.57 Å². The molecule has 5 heteroatoms. The van der Waals surface area contributed by atoms with Gasteiger partial charge in [0.05, 0.1) is 12.0 Å². The van der Waals surface area contributed by atoms with Crippen LogP contribution in [0.2, 0.25) is 0 Å². The van der Waals surface area contributed by atoms with Crippen molar-refractivity contribution in [2.45, 2.75) is 125 Å². The zero-order chi connectivity index (χ0) is 28.4. The molecule has 0 saturated heterocycles. The largest absolute Gasteiger partial charge is 0.481 e. The average molecular weight is 529 g/mol. The van der Waals surface area contributed by atoms with Gasteiger partial charge in [-0.2, -0.15) is 0 Å². The minimum atomic E-state index is -0.769. The fourth-order valence-corrected chi connectivity index (χ4v) is 10.0. The summed E-state index contributed by atoms with van der Waals surface area (Å²) >= 11 is 0. The topological polar surface area (TPSA) is 83.8 Å². The molecule has 0 amide bonds. The van der Waals surface area contributed by atoms with Crippen molar-refractivity contribution in [2.75, 3.05) is 0 Å². The molecule has 0 aromatic rings. The molecule has 4 rings (SSSR count). The quantitative estimate of drug-likeness (QED) is 0.267.